The number of aliphatic hydroxyl groups excluding tert-OH is 1. The molecular weight excluding hydrogens is 342 g/mol. The Labute approximate surface area is 157 Å². The Morgan fingerprint density at radius 3 is 2.30 bits per heavy atom. The van der Waals surface area contributed by atoms with Crippen molar-refractivity contribution in [3.8, 4) is 5.75 Å². The third-order valence-electron chi connectivity index (χ3n) is 5.03. The van der Waals surface area contributed by atoms with Gasteiger partial charge in [0.25, 0.3) is 5.69 Å². The van der Waals surface area contributed by atoms with Crippen LogP contribution in [0.25, 0.3) is 0 Å². The summed E-state index contributed by atoms with van der Waals surface area (Å²) in [4.78, 5) is 10.5. The summed E-state index contributed by atoms with van der Waals surface area (Å²) in [7, 11) is 0. The molecule has 0 aromatic heterocycles. The fourth-order valence-electron chi connectivity index (χ4n) is 3.66. The molecule has 0 amide bonds. The summed E-state index contributed by atoms with van der Waals surface area (Å²) < 4.78 is 6.27. The summed E-state index contributed by atoms with van der Waals surface area (Å²) in [5.41, 5.74) is 2.76. The van der Waals surface area contributed by atoms with Gasteiger partial charge in [-0.15, -0.1) is 0 Å². The molecule has 0 radical (unpaired) electrons. The molecule has 3 aromatic carbocycles. The molecule has 0 fully saturated rings. The standard InChI is InChI=1S/C22H19NO4/c24-21-18-8-4-5-9-20(18)27-22(16-6-2-1-3-7-16)19(21)14-15-10-12-17(13-11-15)23(25)26/h1-13,19,21-22,24H,14H2/t19-,21+,22+/m1/s1. The smallest absolute Gasteiger partial charge is 0.269 e. The Bertz CT molecular complexity index is 940. The van der Waals surface area contributed by atoms with Crippen LogP contribution in [-0.2, 0) is 6.42 Å². The van der Waals surface area contributed by atoms with E-state index in [0.717, 1.165) is 16.7 Å². The molecule has 1 heterocycles. The Balaban J connectivity index is 1.69. The van der Waals surface area contributed by atoms with Gasteiger partial charge in [-0.2, -0.15) is 0 Å². The minimum absolute atomic E-state index is 0.0594. The van der Waals surface area contributed by atoms with Crippen molar-refractivity contribution < 1.29 is 14.8 Å². The normalized spacial score (nSPS) is 21.1. The zero-order valence-electron chi connectivity index (χ0n) is 14.6. The fourth-order valence-corrected chi connectivity index (χ4v) is 3.66. The van der Waals surface area contributed by atoms with E-state index in [9.17, 15) is 15.2 Å². The number of nitro benzene ring substituents is 1. The zero-order chi connectivity index (χ0) is 18.8. The lowest BCUT2D eigenvalue weighted by Gasteiger charge is -2.37. The maximum atomic E-state index is 11.1. The van der Waals surface area contributed by atoms with Crippen LogP contribution in [0.3, 0.4) is 0 Å². The topological polar surface area (TPSA) is 72.6 Å². The monoisotopic (exact) mass is 361 g/mol. The molecule has 3 aromatic rings. The number of para-hydroxylation sites is 1. The molecule has 0 unspecified atom stereocenters. The maximum absolute atomic E-state index is 11.1. The van der Waals surface area contributed by atoms with Crippen LogP contribution in [0.5, 0.6) is 5.75 Å². The van der Waals surface area contributed by atoms with Crippen molar-refractivity contribution in [1.82, 2.24) is 0 Å². The number of benzene rings is 3. The summed E-state index contributed by atoms with van der Waals surface area (Å²) >= 11 is 0. The van der Waals surface area contributed by atoms with Gasteiger partial charge in [-0.3, -0.25) is 10.1 Å². The van der Waals surface area contributed by atoms with Crippen LogP contribution < -0.4 is 4.74 Å². The Hall–Kier alpha value is -3.18. The van der Waals surface area contributed by atoms with Crippen molar-refractivity contribution in [1.29, 1.82) is 0 Å². The van der Waals surface area contributed by atoms with E-state index in [1.807, 2.05) is 54.6 Å². The molecule has 3 atom stereocenters. The summed E-state index contributed by atoms with van der Waals surface area (Å²) in [5, 5.41) is 21.9. The molecule has 27 heavy (non-hydrogen) atoms. The number of ether oxygens (including phenoxy) is 1. The molecule has 0 saturated carbocycles. The van der Waals surface area contributed by atoms with Crippen LogP contribution in [0, 0.1) is 16.0 Å². The number of nitro groups is 1. The van der Waals surface area contributed by atoms with Crippen LogP contribution in [0.4, 0.5) is 5.69 Å². The molecule has 1 aliphatic rings. The van der Waals surface area contributed by atoms with Gasteiger partial charge in [-0.05, 0) is 23.6 Å². The van der Waals surface area contributed by atoms with E-state index in [4.69, 9.17) is 4.74 Å². The highest BCUT2D eigenvalue weighted by Gasteiger charge is 2.38. The SMILES string of the molecule is O=[N+]([O-])c1ccc(C[C@@H]2[C@@H](O)c3ccccc3O[C@H]2c2ccccc2)cc1. The average Bonchev–Trinajstić information content (AvgIpc) is 2.71. The number of hydrogen-bond donors (Lipinski definition) is 1. The quantitative estimate of drug-likeness (QED) is 0.543. The molecule has 5 heteroatoms. The number of aliphatic hydroxyl groups is 1. The molecule has 0 spiro atoms. The maximum Gasteiger partial charge on any atom is 0.269 e. The van der Waals surface area contributed by atoms with Crippen LogP contribution >= 0.6 is 0 Å². The van der Waals surface area contributed by atoms with Crippen molar-refractivity contribution in [3.05, 3.63) is 106 Å². The van der Waals surface area contributed by atoms with Crippen LogP contribution in [0.15, 0.2) is 78.9 Å². The minimum atomic E-state index is -0.685. The summed E-state index contributed by atoms with van der Waals surface area (Å²) in [6.07, 6.45) is -0.436. The van der Waals surface area contributed by atoms with E-state index < -0.39 is 11.0 Å². The van der Waals surface area contributed by atoms with E-state index in [-0.39, 0.29) is 17.7 Å². The molecule has 0 aliphatic carbocycles. The first kappa shape index (κ1) is 17.2. The summed E-state index contributed by atoms with van der Waals surface area (Å²) in [6.45, 7) is 0. The molecular formula is C22H19NO4. The Morgan fingerprint density at radius 2 is 1.59 bits per heavy atom. The van der Waals surface area contributed by atoms with Gasteiger partial charge in [0, 0.05) is 23.6 Å². The van der Waals surface area contributed by atoms with Gasteiger partial charge in [0.1, 0.15) is 11.9 Å². The Kier molecular flexibility index (Phi) is 4.60. The summed E-state index contributed by atoms with van der Waals surface area (Å²) in [6, 6.07) is 23.9. The van der Waals surface area contributed by atoms with E-state index in [1.54, 1.807) is 12.1 Å². The minimum Gasteiger partial charge on any atom is -0.485 e. The van der Waals surface area contributed by atoms with Crippen LogP contribution in [-0.4, -0.2) is 10.0 Å². The first-order valence-corrected chi connectivity index (χ1v) is 8.85. The lowest BCUT2D eigenvalue weighted by atomic mass is 9.80. The molecule has 0 saturated heterocycles. The Morgan fingerprint density at radius 1 is 0.926 bits per heavy atom. The lowest BCUT2D eigenvalue weighted by Crippen LogP contribution is -2.31. The third kappa shape index (κ3) is 3.41. The van der Waals surface area contributed by atoms with E-state index in [1.165, 1.54) is 12.1 Å². The van der Waals surface area contributed by atoms with Gasteiger partial charge in [0.2, 0.25) is 0 Å². The van der Waals surface area contributed by atoms with Gasteiger partial charge < -0.3 is 9.84 Å². The molecule has 0 bridgehead atoms. The van der Waals surface area contributed by atoms with E-state index in [0.29, 0.717) is 12.2 Å². The van der Waals surface area contributed by atoms with Crippen molar-refractivity contribution in [3.63, 3.8) is 0 Å². The lowest BCUT2D eigenvalue weighted by molar-refractivity contribution is -0.384. The van der Waals surface area contributed by atoms with Gasteiger partial charge in [-0.1, -0.05) is 60.7 Å². The van der Waals surface area contributed by atoms with Crippen LogP contribution in [0.2, 0.25) is 0 Å². The average molecular weight is 361 g/mol. The highest BCUT2D eigenvalue weighted by molar-refractivity contribution is 5.40. The predicted molar refractivity (Wildman–Crippen MR) is 102 cm³/mol. The molecule has 1 aliphatic heterocycles. The first-order valence-electron chi connectivity index (χ1n) is 8.85. The summed E-state index contributed by atoms with van der Waals surface area (Å²) in [5.74, 6) is 0.488. The van der Waals surface area contributed by atoms with Crippen molar-refractivity contribution in [2.24, 2.45) is 5.92 Å². The predicted octanol–water partition coefficient (Wildman–Crippen LogP) is 4.62. The zero-order valence-corrected chi connectivity index (χ0v) is 14.6. The van der Waals surface area contributed by atoms with Gasteiger partial charge in [-0.25, -0.2) is 0 Å². The van der Waals surface area contributed by atoms with Crippen LogP contribution in [0.1, 0.15) is 28.9 Å². The largest absolute Gasteiger partial charge is 0.485 e. The number of nitrogens with zero attached hydrogens (tertiary/aromatic N) is 1. The fraction of sp³-hybridized carbons (Fsp3) is 0.182. The number of non-ortho nitro benzene ring substituents is 1. The van der Waals surface area contributed by atoms with Crippen molar-refractivity contribution in [2.45, 2.75) is 18.6 Å². The third-order valence-corrected chi connectivity index (χ3v) is 5.03. The van der Waals surface area contributed by atoms with Gasteiger partial charge in [0.05, 0.1) is 11.0 Å². The number of rotatable bonds is 4. The molecule has 136 valence electrons. The number of fused-ring (bicyclic) bond motifs is 1. The van der Waals surface area contributed by atoms with E-state index >= 15 is 0 Å². The van der Waals surface area contributed by atoms with Crippen molar-refractivity contribution >= 4 is 5.69 Å². The highest BCUT2D eigenvalue weighted by atomic mass is 16.6. The second-order valence-electron chi connectivity index (χ2n) is 6.72. The van der Waals surface area contributed by atoms with Gasteiger partial charge >= 0.3 is 0 Å². The molecule has 1 N–H and O–H groups in total. The van der Waals surface area contributed by atoms with Gasteiger partial charge in [0.15, 0.2) is 0 Å². The molecule has 5 nitrogen and oxygen atoms in total. The second kappa shape index (κ2) is 7.21. The first-order chi connectivity index (χ1) is 13.1. The molecule has 4 rings (SSSR count). The van der Waals surface area contributed by atoms with E-state index in [2.05, 4.69) is 0 Å². The highest BCUT2D eigenvalue weighted by Crippen LogP contribution is 2.46. The second-order valence-corrected chi connectivity index (χ2v) is 6.72. The number of hydrogen-bond acceptors (Lipinski definition) is 4. The van der Waals surface area contributed by atoms with Crippen molar-refractivity contribution in [2.75, 3.05) is 0 Å².